The molecule has 1 aliphatic heterocycles. The molecule has 1 saturated carbocycles. The second-order valence-electron chi connectivity index (χ2n) is 6.70. The number of hydrogen-bond donors (Lipinski definition) is 2. The molecule has 110 valence electrons. The molecular weight excluding hydrogens is 244 g/mol. The van der Waals surface area contributed by atoms with Crippen molar-refractivity contribution in [1.29, 1.82) is 0 Å². The summed E-state index contributed by atoms with van der Waals surface area (Å²) in [4.78, 5) is 0. The van der Waals surface area contributed by atoms with Crippen molar-refractivity contribution < 1.29 is 19.7 Å². The quantitative estimate of drug-likeness (QED) is 0.752. The third-order valence-electron chi connectivity index (χ3n) is 4.61. The SMILES string of the molecule is CC(O)C=CC1(O)C(C)CC2(CC1(C)C)OCCO2. The molecule has 3 unspecified atom stereocenters. The molecule has 1 saturated heterocycles. The van der Waals surface area contributed by atoms with Crippen LogP contribution in [0.1, 0.15) is 40.5 Å². The first-order valence-electron chi connectivity index (χ1n) is 7.09. The van der Waals surface area contributed by atoms with Crippen molar-refractivity contribution in [3.8, 4) is 0 Å². The van der Waals surface area contributed by atoms with E-state index in [1.807, 2.05) is 20.8 Å². The Balaban J connectivity index is 2.26. The van der Waals surface area contributed by atoms with E-state index >= 15 is 0 Å². The number of ether oxygens (including phenoxy) is 2. The van der Waals surface area contributed by atoms with Gasteiger partial charge in [0.05, 0.1) is 24.9 Å². The molecule has 3 atom stereocenters. The van der Waals surface area contributed by atoms with Crippen LogP contribution in [-0.2, 0) is 9.47 Å². The fourth-order valence-electron chi connectivity index (χ4n) is 3.57. The van der Waals surface area contributed by atoms with Crippen LogP contribution in [0.3, 0.4) is 0 Å². The lowest BCUT2D eigenvalue weighted by molar-refractivity contribution is -0.250. The molecule has 0 aromatic carbocycles. The van der Waals surface area contributed by atoms with Gasteiger partial charge in [-0.1, -0.05) is 32.9 Å². The highest BCUT2D eigenvalue weighted by Gasteiger charge is 2.58. The molecule has 0 radical (unpaired) electrons. The van der Waals surface area contributed by atoms with Gasteiger partial charge in [0.15, 0.2) is 5.79 Å². The predicted molar refractivity (Wildman–Crippen MR) is 72.6 cm³/mol. The summed E-state index contributed by atoms with van der Waals surface area (Å²) in [6.45, 7) is 9.02. The second kappa shape index (κ2) is 4.85. The minimum absolute atomic E-state index is 0.00403. The predicted octanol–water partition coefficient (Wildman–Crippen LogP) is 1.85. The summed E-state index contributed by atoms with van der Waals surface area (Å²) < 4.78 is 11.6. The molecule has 1 spiro atoms. The number of aliphatic hydroxyl groups excluding tert-OH is 1. The van der Waals surface area contributed by atoms with Gasteiger partial charge in [-0.25, -0.2) is 0 Å². The maximum absolute atomic E-state index is 11.1. The van der Waals surface area contributed by atoms with Gasteiger partial charge < -0.3 is 19.7 Å². The zero-order valence-corrected chi connectivity index (χ0v) is 12.3. The van der Waals surface area contributed by atoms with E-state index in [9.17, 15) is 10.2 Å². The van der Waals surface area contributed by atoms with Crippen LogP contribution in [0.4, 0.5) is 0 Å². The average molecular weight is 270 g/mol. The lowest BCUT2D eigenvalue weighted by Gasteiger charge is -2.54. The Labute approximate surface area is 115 Å². The Bertz CT molecular complexity index is 355. The number of rotatable bonds is 2. The smallest absolute Gasteiger partial charge is 0.169 e. The fraction of sp³-hybridized carbons (Fsp3) is 0.867. The van der Waals surface area contributed by atoms with Gasteiger partial charge in [0.2, 0.25) is 0 Å². The minimum atomic E-state index is -0.954. The van der Waals surface area contributed by atoms with E-state index in [-0.39, 0.29) is 11.3 Å². The lowest BCUT2D eigenvalue weighted by Crippen LogP contribution is -2.58. The number of aliphatic hydroxyl groups is 2. The first-order valence-corrected chi connectivity index (χ1v) is 7.09. The van der Waals surface area contributed by atoms with E-state index in [0.717, 1.165) is 0 Å². The largest absolute Gasteiger partial charge is 0.389 e. The van der Waals surface area contributed by atoms with Crippen molar-refractivity contribution in [3.05, 3.63) is 12.2 Å². The molecule has 0 bridgehead atoms. The zero-order valence-electron chi connectivity index (χ0n) is 12.3. The molecule has 0 aromatic rings. The van der Waals surface area contributed by atoms with Gasteiger partial charge in [0.1, 0.15) is 0 Å². The van der Waals surface area contributed by atoms with Gasteiger partial charge in [-0.2, -0.15) is 0 Å². The molecule has 1 heterocycles. The first-order chi connectivity index (χ1) is 8.71. The summed E-state index contributed by atoms with van der Waals surface area (Å²) in [6, 6.07) is 0. The van der Waals surface area contributed by atoms with E-state index in [2.05, 4.69) is 0 Å². The lowest BCUT2D eigenvalue weighted by atomic mass is 9.58. The average Bonchev–Trinajstić information content (AvgIpc) is 2.71. The minimum Gasteiger partial charge on any atom is -0.389 e. The van der Waals surface area contributed by atoms with E-state index in [1.165, 1.54) is 0 Å². The standard InChI is InChI=1S/C15H26O4/c1-11-9-14(18-7-8-19-14)10-13(3,4)15(11,17)6-5-12(2)16/h5-6,11-12,16-17H,7-10H2,1-4H3. The Morgan fingerprint density at radius 3 is 2.32 bits per heavy atom. The molecule has 2 fully saturated rings. The molecule has 4 heteroatoms. The molecule has 4 nitrogen and oxygen atoms in total. The Morgan fingerprint density at radius 1 is 1.26 bits per heavy atom. The maximum atomic E-state index is 11.1. The fourth-order valence-corrected chi connectivity index (χ4v) is 3.57. The van der Waals surface area contributed by atoms with Crippen LogP contribution >= 0.6 is 0 Å². The van der Waals surface area contributed by atoms with Crippen molar-refractivity contribution in [2.24, 2.45) is 11.3 Å². The molecule has 2 rings (SSSR count). The maximum Gasteiger partial charge on any atom is 0.169 e. The van der Waals surface area contributed by atoms with Crippen molar-refractivity contribution >= 4 is 0 Å². The van der Waals surface area contributed by atoms with E-state index in [1.54, 1.807) is 19.1 Å². The first kappa shape index (κ1) is 15.0. The van der Waals surface area contributed by atoms with E-state index < -0.39 is 17.5 Å². The topological polar surface area (TPSA) is 58.9 Å². The zero-order chi connectivity index (χ0) is 14.3. The second-order valence-corrected chi connectivity index (χ2v) is 6.70. The monoisotopic (exact) mass is 270 g/mol. The summed E-state index contributed by atoms with van der Waals surface area (Å²) in [5, 5.41) is 20.5. The summed E-state index contributed by atoms with van der Waals surface area (Å²) in [6.07, 6.45) is 4.20. The summed E-state index contributed by atoms with van der Waals surface area (Å²) >= 11 is 0. The van der Waals surface area contributed by atoms with Gasteiger partial charge in [-0.05, 0) is 12.8 Å². The van der Waals surface area contributed by atoms with Crippen molar-refractivity contribution in [1.82, 2.24) is 0 Å². The molecule has 2 aliphatic rings. The molecule has 0 amide bonds. The van der Waals surface area contributed by atoms with Gasteiger partial charge in [-0.15, -0.1) is 0 Å². The van der Waals surface area contributed by atoms with Crippen LogP contribution in [-0.4, -0.2) is 40.9 Å². The van der Waals surface area contributed by atoms with Gasteiger partial charge in [0, 0.05) is 18.3 Å². The van der Waals surface area contributed by atoms with E-state index in [4.69, 9.17) is 9.47 Å². The van der Waals surface area contributed by atoms with Crippen LogP contribution in [0.5, 0.6) is 0 Å². The van der Waals surface area contributed by atoms with Crippen molar-refractivity contribution in [2.75, 3.05) is 13.2 Å². The van der Waals surface area contributed by atoms with Crippen LogP contribution < -0.4 is 0 Å². The number of hydrogen-bond acceptors (Lipinski definition) is 4. The van der Waals surface area contributed by atoms with Gasteiger partial charge in [0.25, 0.3) is 0 Å². The van der Waals surface area contributed by atoms with Gasteiger partial charge >= 0.3 is 0 Å². The molecule has 0 aromatic heterocycles. The van der Waals surface area contributed by atoms with Crippen LogP contribution in [0.15, 0.2) is 12.2 Å². The highest BCUT2D eigenvalue weighted by molar-refractivity contribution is 5.16. The van der Waals surface area contributed by atoms with E-state index in [0.29, 0.717) is 26.1 Å². The van der Waals surface area contributed by atoms with Gasteiger partial charge in [-0.3, -0.25) is 0 Å². The summed E-state index contributed by atoms with van der Waals surface area (Å²) in [5.41, 5.74) is -1.33. The normalized spacial score (nSPS) is 38.9. The van der Waals surface area contributed by atoms with Crippen molar-refractivity contribution in [3.63, 3.8) is 0 Å². The summed E-state index contributed by atoms with van der Waals surface area (Å²) in [7, 11) is 0. The Kier molecular flexibility index (Phi) is 3.82. The highest BCUT2D eigenvalue weighted by atomic mass is 16.7. The Morgan fingerprint density at radius 2 is 1.84 bits per heavy atom. The molecular formula is C15H26O4. The third kappa shape index (κ3) is 2.59. The summed E-state index contributed by atoms with van der Waals surface area (Å²) in [5.74, 6) is -0.530. The highest BCUT2D eigenvalue weighted by Crippen LogP contribution is 2.54. The van der Waals surface area contributed by atoms with Crippen LogP contribution in [0.25, 0.3) is 0 Å². The third-order valence-corrected chi connectivity index (χ3v) is 4.61. The molecule has 19 heavy (non-hydrogen) atoms. The molecule has 1 aliphatic carbocycles. The Hall–Kier alpha value is -0.420. The molecule has 2 N–H and O–H groups in total. The van der Waals surface area contributed by atoms with Crippen LogP contribution in [0.2, 0.25) is 0 Å². The van der Waals surface area contributed by atoms with Crippen molar-refractivity contribution in [2.45, 2.75) is 58.0 Å². The van der Waals surface area contributed by atoms with Crippen LogP contribution in [0, 0.1) is 11.3 Å².